The molecule has 4 fully saturated rings. The molecule has 4 aliphatic carbocycles. The van der Waals surface area contributed by atoms with Crippen molar-refractivity contribution in [3.05, 3.63) is 155 Å². The molecule has 0 bridgehead atoms. The lowest BCUT2D eigenvalue weighted by Gasteiger charge is -2.58. The molecule has 13 heteroatoms. The van der Waals surface area contributed by atoms with Gasteiger partial charge in [0.1, 0.15) is 24.3 Å². The lowest BCUT2D eigenvalue weighted by atomic mass is 9.47. The number of hydrogen-bond acceptors (Lipinski definition) is 13. The molecule has 4 aromatic rings. The van der Waals surface area contributed by atoms with Crippen molar-refractivity contribution >= 4 is 35.4 Å². The van der Waals surface area contributed by atoms with Crippen LogP contribution in [0.15, 0.2) is 133 Å². The zero-order valence-corrected chi connectivity index (χ0v) is 42.7. The molecule has 0 amide bonds. The summed E-state index contributed by atoms with van der Waals surface area (Å²) in [5, 5.41) is 10.5. The average molecular weight is 1010 g/mol. The second-order valence-electron chi connectivity index (χ2n) is 21.8. The van der Waals surface area contributed by atoms with Crippen molar-refractivity contribution in [2.45, 2.75) is 122 Å². The minimum atomic E-state index is -1.57. The molecular weight excluding hydrogens is 941 g/mol. The predicted octanol–water partition coefficient (Wildman–Crippen LogP) is 10.0. The maximum absolute atomic E-state index is 14.3. The van der Waals surface area contributed by atoms with E-state index in [1.165, 1.54) is 5.57 Å². The Labute approximate surface area is 433 Å². The molecule has 0 spiro atoms. The zero-order chi connectivity index (χ0) is 52.1. The van der Waals surface area contributed by atoms with Crippen molar-refractivity contribution in [1.29, 1.82) is 0 Å². The molecule has 0 unspecified atom stereocenters. The van der Waals surface area contributed by atoms with E-state index in [4.69, 9.17) is 28.4 Å². The van der Waals surface area contributed by atoms with Crippen molar-refractivity contribution < 1.29 is 62.3 Å². The fraction of sp³-hybridized carbons (Fsp3) is 0.475. The van der Waals surface area contributed by atoms with Crippen LogP contribution in [0.25, 0.3) is 0 Å². The van der Waals surface area contributed by atoms with Crippen LogP contribution in [0.1, 0.15) is 127 Å². The molecule has 9 rings (SSSR count). The van der Waals surface area contributed by atoms with E-state index >= 15 is 0 Å². The second-order valence-corrected chi connectivity index (χ2v) is 21.8. The van der Waals surface area contributed by atoms with E-state index in [1.54, 1.807) is 121 Å². The molecule has 14 atom stereocenters. The van der Waals surface area contributed by atoms with Crippen LogP contribution in [0.2, 0.25) is 0 Å². The number of allylic oxidation sites excluding steroid dienone is 1. The van der Waals surface area contributed by atoms with E-state index in [0.717, 1.165) is 38.5 Å². The SMILES string of the molecule is C[C@H](CCC(=O)[C@@H](C)[C@H]1C(=O)C[C@H]2[C@@H]3CC=C4C[C@@H](O)CC[C@]4(C)[C@H]3CC[C@]12C)CO[C@@H]1O[C@H](COC(=O)c2ccccc2)[C@@H](OC(=O)c2ccccc2)[C@H](OC(=O)c2ccccc2)[C@H]1OC(=O)c1ccccc1. The van der Waals surface area contributed by atoms with Gasteiger partial charge in [0.25, 0.3) is 0 Å². The Morgan fingerprint density at radius 3 is 1.76 bits per heavy atom. The Balaban J connectivity index is 0.941. The third kappa shape index (κ3) is 11.1. The number of rotatable bonds is 17. The molecule has 1 heterocycles. The van der Waals surface area contributed by atoms with Crippen molar-refractivity contribution in [2.24, 2.45) is 46.3 Å². The van der Waals surface area contributed by atoms with Crippen molar-refractivity contribution in [3.63, 3.8) is 0 Å². The highest BCUT2D eigenvalue weighted by Crippen LogP contribution is 2.66. The van der Waals surface area contributed by atoms with Crippen LogP contribution in [0.3, 0.4) is 0 Å². The Morgan fingerprint density at radius 1 is 0.662 bits per heavy atom. The van der Waals surface area contributed by atoms with Crippen LogP contribution in [0.5, 0.6) is 0 Å². The predicted molar refractivity (Wildman–Crippen MR) is 272 cm³/mol. The number of aliphatic hydroxyl groups excluding tert-OH is 1. The van der Waals surface area contributed by atoms with E-state index in [1.807, 2.05) is 13.8 Å². The first-order valence-electron chi connectivity index (χ1n) is 26.3. The largest absolute Gasteiger partial charge is 0.459 e. The molecule has 1 aliphatic heterocycles. The number of esters is 4. The lowest BCUT2D eigenvalue weighted by molar-refractivity contribution is -0.300. The first kappa shape index (κ1) is 52.6. The van der Waals surface area contributed by atoms with Gasteiger partial charge >= 0.3 is 23.9 Å². The summed E-state index contributed by atoms with van der Waals surface area (Å²) in [5.74, 6) is -3.03. The maximum atomic E-state index is 14.3. The number of fused-ring (bicyclic) bond motifs is 5. The van der Waals surface area contributed by atoms with Crippen LogP contribution in [0, 0.1) is 46.3 Å². The summed E-state index contributed by atoms with van der Waals surface area (Å²) in [4.78, 5) is 83.8. The van der Waals surface area contributed by atoms with Crippen molar-refractivity contribution in [2.75, 3.05) is 13.2 Å². The summed E-state index contributed by atoms with van der Waals surface area (Å²) >= 11 is 0. The number of Topliss-reactive ketones (excluding diaryl/α,β-unsaturated/α-hetero) is 2. The average Bonchev–Trinajstić information content (AvgIpc) is 3.70. The van der Waals surface area contributed by atoms with Crippen LogP contribution >= 0.6 is 0 Å². The van der Waals surface area contributed by atoms with Gasteiger partial charge in [-0.2, -0.15) is 0 Å². The van der Waals surface area contributed by atoms with Crippen LogP contribution in [-0.4, -0.2) is 90.6 Å². The molecule has 1 saturated heterocycles. The van der Waals surface area contributed by atoms with Gasteiger partial charge in [0.05, 0.1) is 35.0 Å². The maximum Gasteiger partial charge on any atom is 0.338 e. The Morgan fingerprint density at radius 2 is 1.19 bits per heavy atom. The Bertz CT molecular complexity index is 2670. The number of ketones is 2. The van der Waals surface area contributed by atoms with E-state index in [9.17, 15) is 33.9 Å². The number of benzene rings is 4. The first-order chi connectivity index (χ1) is 35.6. The van der Waals surface area contributed by atoms with E-state index < -0.39 is 67.1 Å². The topological polar surface area (TPSA) is 178 Å². The summed E-state index contributed by atoms with van der Waals surface area (Å²) in [6.07, 6.45) is 1.01. The van der Waals surface area contributed by atoms with E-state index in [-0.39, 0.29) is 81.5 Å². The first-order valence-corrected chi connectivity index (χ1v) is 26.3. The Hall–Kier alpha value is -6.28. The zero-order valence-electron chi connectivity index (χ0n) is 42.7. The van der Waals surface area contributed by atoms with Gasteiger partial charge in [0.2, 0.25) is 0 Å². The highest BCUT2D eigenvalue weighted by atomic mass is 16.7. The van der Waals surface area contributed by atoms with Gasteiger partial charge < -0.3 is 33.5 Å². The van der Waals surface area contributed by atoms with Crippen molar-refractivity contribution in [1.82, 2.24) is 0 Å². The minimum Gasteiger partial charge on any atom is -0.459 e. The van der Waals surface area contributed by atoms with Crippen LogP contribution in [-0.2, 0) is 38.0 Å². The smallest absolute Gasteiger partial charge is 0.338 e. The van der Waals surface area contributed by atoms with Crippen LogP contribution < -0.4 is 0 Å². The standard InChI is InChI=1S/C61H68O13/c1-37(25-28-48(63)38(2)51-49(64)34-47-45-27-26-43-33-44(62)29-31-60(43,3)46(45)30-32-61(47,51)4)35-70-59-54(74-58(68)42-23-15-8-16-24-42)53(73-57(67)41-21-13-7-14-22-41)52(72-56(66)40-19-11-6-12-20-40)50(71-59)36-69-55(65)39-17-9-5-10-18-39/h5-24,26,37-38,44-47,50-54,59,62H,25,27-36H2,1-4H3/t37-,38-,44+,45-,46+,47+,50-,51+,52-,53+,54-,59-,60+,61+/m1/s1. The number of ether oxygens (including phenoxy) is 6. The molecule has 4 aromatic carbocycles. The highest BCUT2D eigenvalue weighted by Gasteiger charge is 2.62. The summed E-state index contributed by atoms with van der Waals surface area (Å²) in [6, 6.07) is 32.8. The van der Waals surface area contributed by atoms with Gasteiger partial charge in [-0.05, 0) is 128 Å². The summed E-state index contributed by atoms with van der Waals surface area (Å²) in [7, 11) is 0. The molecular formula is C61H68O13. The molecule has 5 aliphatic rings. The van der Waals surface area contributed by atoms with Gasteiger partial charge in [-0.3, -0.25) is 9.59 Å². The molecule has 3 saturated carbocycles. The molecule has 1 N–H and O–H groups in total. The van der Waals surface area contributed by atoms with Gasteiger partial charge in [-0.1, -0.05) is 112 Å². The molecule has 0 aromatic heterocycles. The third-order valence-electron chi connectivity index (χ3n) is 17.2. The van der Waals surface area contributed by atoms with E-state index in [2.05, 4.69) is 19.9 Å². The lowest BCUT2D eigenvalue weighted by Crippen LogP contribution is -2.63. The van der Waals surface area contributed by atoms with Gasteiger partial charge in [-0.15, -0.1) is 0 Å². The van der Waals surface area contributed by atoms with Gasteiger partial charge in [0, 0.05) is 24.7 Å². The third-order valence-corrected chi connectivity index (χ3v) is 17.2. The number of hydrogen-bond donors (Lipinski definition) is 1. The molecule has 390 valence electrons. The normalized spacial score (nSPS) is 31.0. The van der Waals surface area contributed by atoms with E-state index in [0.29, 0.717) is 24.7 Å². The monoisotopic (exact) mass is 1010 g/mol. The highest BCUT2D eigenvalue weighted by molar-refractivity contribution is 5.93. The fourth-order valence-electron chi connectivity index (χ4n) is 13.1. The number of aliphatic hydroxyl groups is 1. The Kier molecular flexibility index (Phi) is 16.1. The molecule has 13 nitrogen and oxygen atoms in total. The van der Waals surface area contributed by atoms with Gasteiger partial charge in [0.15, 0.2) is 24.6 Å². The summed E-state index contributed by atoms with van der Waals surface area (Å²) in [6.45, 7) is 7.93. The fourth-order valence-corrected chi connectivity index (χ4v) is 13.1. The van der Waals surface area contributed by atoms with Crippen LogP contribution in [0.4, 0.5) is 0 Å². The summed E-state index contributed by atoms with van der Waals surface area (Å²) in [5.41, 5.74) is 1.89. The summed E-state index contributed by atoms with van der Waals surface area (Å²) < 4.78 is 37.4. The second kappa shape index (κ2) is 22.7. The number of carbonyl (C=O) groups is 6. The number of carbonyl (C=O) groups excluding carboxylic acids is 6. The minimum absolute atomic E-state index is 0.0121. The van der Waals surface area contributed by atoms with Gasteiger partial charge in [-0.25, -0.2) is 19.2 Å². The molecule has 74 heavy (non-hydrogen) atoms. The quantitative estimate of drug-likeness (QED) is 0.0601. The van der Waals surface area contributed by atoms with Crippen molar-refractivity contribution in [3.8, 4) is 0 Å². The molecule has 0 radical (unpaired) electrons.